The molecule has 2 aromatic carbocycles. The molecule has 3 amide bonds. The van der Waals surface area contributed by atoms with Crippen LogP contribution in [0.15, 0.2) is 47.6 Å². The molecule has 5 rings (SSSR count). The summed E-state index contributed by atoms with van der Waals surface area (Å²) in [6.45, 7) is 2.15. The van der Waals surface area contributed by atoms with Crippen LogP contribution in [-0.4, -0.2) is 36.9 Å². The van der Waals surface area contributed by atoms with Crippen molar-refractivity contribution in [3.05, 3.63) is 81.9 Å². The Hall–Kier alpha value is -3.79. The Morgan fingerprint density at radius 2 is 1.59 bits per heavy atom. The van der Waals surface area contributed by atoms with E-state index in [4.69, 9.17) is 0 Å². The minimum atomic E-state index is -4.05. The zero-order valence-corrected chi connectivity index (χ0v) is 21.5. The van der Waals surface area contributed by atoms with E-state index in [-0.39, 0.29) is 16.5 Å². The van der Waals surface area contributed by atoms with Crippen LogP contribution < -0.4 is 15.4 Å². The van der Waals surface area contributed by atoms with Gasteiger partial charge in [0, 0.05) is 18.4 Å². The van der Waals surface area contributed by atoms with Crippen LogP contribution in [0.2, 0.25) is 0 Å². The van der Waals surface area contributed by atoms with Crippen molar-refractivity contribution in [2.24, 2.45) is 0 Å². The predicted octanol–water partition coefficient (Wildman–Crippen LogP) is 3.25. The van der Waals surface area contributed by atoms with Crippen molar-refractivity contribution in [3.63, 3.8) is 0 Å². The maximum Gasteiger partial charge on any atom is 0.333 e. The lowest BCUT2D eigenvalue weighted by Gasteiger charge is -2.16. The van der Waals surface area contributed by atoms with Crippen LogP contribution in [0.5, 0.6) is 0 Å². The number of hydrogen-bond acceptors (Lipinski definition) is 6. The zero-order chi connectivity index (χ0) is 26.0. The van der Waals surface area contributed by atoms with Gasteiger partial charge in [0.2, 0.25) is 0 Å². The van der Waals surface area contributed by atoms with Crippen molar-refractivity contribution in [2.45, 2.75) is 56.8 Å². The van der Waals surface area contributed by atoms with Crippen molar-refractivity contribution >= 4 is 27.6 Å². The summed E-state index contributed by atoms with van der Waals surface area (Å²) in [5, 5.41) is 5.63. The number of benzene rings is 2. The molecule has 0 aliphatic heterocycles. The number of aromatic nitrogens is 2. The molecule has 37 heavy (non-hydrogen) atoms. The summed E-state index contributed by atoms with van der Waals surface area (Å²) < 4.78 is 27.9. The average Bonchev–Trinajstić information content (AvgIpc) is 3.54. The number of nitrogens with zero attached hydrogens (tertiary/aromatic N) is 2. The number of carbonyl (C=O) groups excluding carboxylic acids is 2. The number of fused-ring (bicyclic) bond motifs is 2. The quantitative estimate of drug-likeness (QED) is 0.439. The molecule has 0 bridgehead atoms. The molecule has 0 spiro atoms. The van der Waals surface area contributed by atoms with Crippen molar-refractivity contribution < 1.29 is 18.0 Å². The molecule has 2 aliphatic rings. The number of urea groups is 1. The molecule has 10 heteroatoms. The SMILES string of the molecule is Cc1cnc(C(=O)NCCc2ccc(S(=O)(=O)NC(=O)Nc3c4c(cc5c3CCC5)CCC4)cc2)cn1. The van der Waals surface area contributed by atoms with Gasteiger partial charge < -0.3 is 10.6 Å². The molecule has 0 atom stereocenters. The number of rotatable bonds is 7. The molecule has 3 N–H and O–H groups in total. The van der Waals surface area contributed by atoms with Gasteiger partial charge in [0.1, 0.15) is 5.69 Å². The van der Waals surface area contributed by atoms with E-state index in [2.05, 4.69) is 31.4 Å². The predicted molar refractivity (Wildman–Crippen MR) is 139 cm³/mol. The number of carbonyl (C=O) groups is 2. The molecule has 0 saturated heterocycles. The van der Waals surface area contributed by atoms with Crippen LogP contribution in [0.4, 0.5) is 10.5 Å². The lowest BCUT2D eigenvalue weighted by atomic mass is 9.99. The van der Waals surface area contributed by atoms with Crippen molar-refractivity contribution in [3.8, 4) is 0 Å². The highest BCUT2D eigenvalue weighted by Gasteiger charge is 2.26. The van der Waals surface area contributed by atoms with Gasteiger partial charge in [-0.3, -0.25) is 9.78 Å². The highest BCUT2D eigenvalue weighted by molar-refractivity contribution is 7.90. The normalized spacial score (nSPS) is 14.1. The third-order valence-electron chi connectivity index (χ3n) is 6.89. The molecule has 2 aliphatic carbocycles. The summed E-state index contributed by atoms with van der Waals surface area (Å²) in [4.78, 5) is 33.0. The molecule has 0 radical (unpaired) electrons. The van der Waals surface area contributed by atoms with Gasteiger partial charge in [-0.15, -0.1) is 0 Å². The fourth-order valence-electron chi connectivity index (χ4n) is 5.04. The second-order valence-electron chi connectivity index (χ2n) is 9.49. The zero-order valence-electron chi connectivity index (χ0n) is 20.6. The smallest absolute Gasteiger partial charge is 0.333 e. The lowest BCUT2D eigenvalue weighted by molar-refractivity contribution is 0.0948. The average molecular weight is 520 g/mol. The first-order valence-corrected chi connectivity index (χ1v) is 13.9. The Kier molecular flexibility index (Phi) is 6.92. The minimum absolute atomic E-state index is 0.00566. The van der Waals surface area contributed by atoms with Crippen molar-refractivity contribution in [1.29, 1.82) is 0 Å². The largest absolute Gasteiger partial charge is 0.350 e. The van der Waals surface area contributed by atoms with Crippen LogP contribution in [0, 0.1) is 6.92 Å². The fraction of sp³-hybridized carbons (Fsp3) is 0.333. The third kappa shape index (κ3) is 5.48. The van der Waals surface area contributed by atoms with Gasteiger partial charge in [0.05, 0.1) is 16.8 Å². The van der Waals surface area contributed by atoms with Gasteiger partial charge in [-0.25, -0.2) is 22.9 Å². The Labute approximate surface area is 216 Å². The fourth-order valence-corrected chi connectivity index (χ4v) is 5.95. The van der Waals surface area contributed by atoms with Gasteiger partial charge in [-0.05, 0) is 91.8 Å². The number of hydrogen-bond donors (Lipinski definition) is 3. The van der Waals surface area contributed by atoms with E-state index in [0.717, 1.165) is 66.6 Å². The maximum absolute atomic E-state index is 12.9. The van der Waals surface area contributed by atoms with E-state index in [1.165, 1.54) is 35.7 Å². The standard InChI is InChI=1S/C27H29N5O4S/c1-17-15-30-24(16-29-17)26(33)28-13-12-18-8-10-21(11-9-18)37(35,36)32-27(34)31-25-22-6-2-4-19(22)14-20-5-3-7-23(20)25/h8-11,14-16H,2-7,12-13H2,1H3,(H,28,33)(H2,31,32,34). The number of aryl methyl sites for hydroxylation is 3. The van der Waals surface area contributed by atoms with E-state index in [1.54, 1.807) is 19.1 Å². The molecule has 0 saturated carbocycles. The highest BCUT2D eigenvalue weighted by atomic mass is 32.2. The maximum atomic E-state index is 12.9. The second-order valence-corrected chi connectivity index (χ2v) is 11.2. The molecule has 0 unspecified atom stereocenters. The number of anilines is 1. The molecule has 1 heterocycles. The minimum Gasteiger partial charge on any atom is -0.350 e. The van der Waals surface area contributed by atoms with E-state index < -0.39 is 16.1 Å². The molecular weight excluding hydrogens is 490 g/mol. The van der Waals surface area contributed by atoms with Crippen molar-refractivity contribution in [1.82, 2.24) is 20.0 Å². The van der Waals surface area contributed by atoms with Gasteiger partial charge >= 0.3 is 6.03 Å². The Morgan fingerprint density at radius 3 is 2.22 bits per heavy atom. The number of sulfonamides is 1. The summed E-state index contributed by atoms with van der Waals surface area (Å²) >= 11 is 0. The van der Waals surface area contributed by atoms with E-state index in [0.29, 0.717) is 13.0 Å². The Morgan fingerprint density at radius 1 is 0.919 bits per heavy atom. The second kappa shape index (κ2) is 10.3. The molecule has 3 aromatic rings. The molecule has 9 nitrogen and oxygen atoms in total. The third-order valence-corrected chi connectivity index (χ3v) is 8.23. The van der Waals surface area contributed by atoms with Gasteiger partial charge in [0.25, 0.3) is 15.9 Å². The van der Waals surface area contributed by atoms with E-state index in [9.17, 15) is 18.0 Å². The number of amides is 3. The summed E-state index contributed by atoms with van der Waals surface area (Å²) in [6.07, 6.45) is 9.32. The molecule has 1 aromatic heterocycles. The van der Waals surface area contributed by atoms with E-state index >= 15 is 0 Å². The summed E-state index contributed by atoms with van der Waals surface area (Å²) in [6, 6.07) is 7.75. The van der Waals surface area contributed by atoms with Crippen LogP contribution >= 0.6 is 0 Å². The van der Waals surface area contributed by atoms with Crippen LogP contribution in [0.25, 0.3) is 0 Å². The number of nitrogens with one attached hydrogen (secondary N) is 3. The van der Waals surface area contributed by atoms with Gasteiger partial charge in [-0.1, -0.05) is 18.2 Å². The van der Waals surface area contributed by atoms with Crippen molar-refractivity contribution in [2.75, 3.05) is 11.9 Å². The lowest BCUT2D eigenvalue weighted by Crippen LogP contribution is -2.35. The Balaban J connectivity index is 1.18. The summed E-state index contributed by atoms with van der Waals surface area (Å²) in [7, 11) is -4.05. The first-order chi connectivity index (χ1) is 17.8. The van der Waals surface area contributed by atoms with Crippen LogP contribution in [0.1, 0.15) is 56.8 Å². The van der Waals surface area contributed by atoms with Gasteiger partial charge in [-0.2, -0.15) is 0 Å². The molecule has 192 valence electrons. The molecule has 0 fully saturated rings. The topological polar surface area (TPSA) is 130 Å². The molecular formula is C27H29N5O4S. The Bertz CT molecular complexity index is 1420. The first kappa shape index (κ1) is 24.9. The summed E-state index contributed by atoms with van der Waals surface area (Å²) in [5.74, 6) is -0.323. The van der Waals surface area contributed by atoms with E-state index in [1.807, 2.05) is 0 Å². The van der Waals surface area contributed by atoms with Gasteiger partial charge in [0.15, 0.2) is 0 Å². The monoisotopic (exact) mass is 519 g/mol. The first-order valence-electron chi connectivity index (χ1n) is 12.5. The van der Waals surface area contributed by atoms with Crippen LogP contribution in [0.3, 0.4) is 0 Å². The van der Waals surface area contributed by atoms with Crippen LogP contribution in [-0.2, 0) is 42.1 Å². The summed E-state index contributed by atoms with van der Waals surface area (Å²) in [5.41, 5.74) is 7.40. The highest BCUT2D eigenvalue weighted by Crippen LogP contribution is 2.38.